The number of fused-ring (bicyclic) bond motifs is 2. The van der Waals surface area contributed by atoms with Crippen molar-refractivity contribution in [2.24, 2.45) is 0 Å². The average Bonchev–Trinajstić information content (AvgIpc) is 3.14. The van der Waals surface area contributed by atoms with Crippen LogP contribution in [0.4, 0.5) is 8.78 Å². The Labute approximate surface area is 222 Å². The van der Waals surface area contributed by atoms with E-state index in [0.29, 0.717) is 18.4 Å². The van der Waals surface area contributed by atoms with E-state index in [0.717, 1.165) is 24.7 Å². The number of ether oxygens (including phenoxy) is 1. The van der Waals surface area contributed by atoms with Gasteiger partial charge in [0.1, 0.15) is 11.9 Å². The smallest absolute Gasteiger partial charge is 0.254 e. The number of amides is 1. The number of halogens is 2. The van der Waals surface area contributed by atoms with Gasteiger partial charge in [0.2, 0.25) is 0 Å². The van der Waals surface area contributed by atoms with Gasteiger partial charge in [-0.15, -0.1) is 11.8 Å². The van der Waals surface area contributed by atoms with E-state index in [1.807, 2.05) is 29.2 Å². The van der Waals surface area contributed by atoms with E-state index >= 15 is 0 Å². The van der Waals surface area contributed by atoms with Crippen LogP contribution in [0.25, 0.3) is 0 Å². The molecule has 3 aromatic rings. The molecule has 5 rings (SSSR count). The van der Waals surface area contributed by atoms with Crippen molar-refractivity contribution < 1.29 is 18.3 Å². The summed E-state index contributed by atoms with van der Waals surface area (Å²) in [4.78, 5) is 16.6. The Morgan fingerprint density at radius 3 is 2.19 bits per heavy atom. The highest BCUT2D eigenvalue weighted by atomic mass is 32.2. The molecule has 3 nitrogen and oxygen atoms in total. The molecular formula is C31H33F2NO2S. The van der Waals surface area contributed by atoms with Crippen LogP contribution in [-0.2, 0) is 11.2 Å². The summed E-state index contributed by atoms with van der Waals surface area (Å²) >= 11 is 1.79. The molecule has 1 amide bonds. The molecular weight excluding hydrogens is 488 g/mol. The van der Waals surface area contributed by atoms with Crippen LogP contribution < -0.4 is 4.74 Å². The van der Waals surface area contributed by atoms with Crippen LogP contribution in [0, 0.1) is 11.6 Å². The lowest BCUT2D eigenvalue weighted by Crippen LogP contribution is -2.49. The molecule has 3 aromatic carbocycles. The second kappa shape index (κ2) is 10.5. The molecule has 2 bridgehead atoms. The first-order valence-electron chi connectivity index (χ1n) is 12.9. The number of piperidine rings is 1. The van der Waals surface area contributed by atoms with E-state index in [-0.39, 0.29) is 35.3 Å². The molecule has 2 atom stereocenters. The highest BCUT2D eigenvalue weighted by Crippen LogP contribution is 2.39. The fraction of sp³-hybridized carbons (Fsp3) is 0.387. The normalized spacial score (nSPS) is 21.2. The van der Waals surface area contributed by atoms with Crippen molar-refractivity contribution in [2.45, 2.75) is 80.7 Å². The van der Waals surface area contributed by atoms with Crippen molar-refractivity contribution in [1.82, 2.24) is 4.90 Å². The Bertz CT molecular complexity index is 1240. The van der Waals surface area contributed by atoms with Gasteiger partial charge in [0.25, 0.3) is 5.91 Å². The summed E-state index contributed by atoms with van der Waals surface area (Å²) in [6, 6.07) is 20.2. The van der Waals surface area contributed by atoms with Gasteiger partial charge in [-0.05, 0) is 65.8 Å². The molecule has 0 aliphatic carbocycles. The van der Waals surface area contributed by atoms with Gasteiger partial charge in [-0.3, -0.25) is 4.79 Å². The number of carbonyl (C=O) groups excluding carboxylic acids is 1. The summed E-state index contributed by atoms with van der Waals surface area (Å²) in [7, 11) is 0. The van der Waals surface area contributed by atoms with Crippen molar-refractivity contribution in [3.05, 3.63) is 95.1 Å². The molecule has 0 aromatic heterocycles. The minimum atomic E-state index is -0.689. The van der Waals surface area contributed by atoms with E-state index in [1.165, 1.54) is 28.2 Å². The van der Waals surface area contributed by atoms with Crippen LogP contribution in [0.15, 0.2) is 71.6 Å². The second-order valence-corrected chi connectivity index (χ2v) is 12.2. The molecule has 2 fully saturated rings. The summed E-state index contributed by atoms with van der Waals surface area (Å²) in [5, 5.41) is 0. The first-order chi connectivity index (χ1) is 17.7. The molecule has 0 N–H and O–H groups in total. The number of benzene rings is 3. The zero-order valence-corrected chi connectivity index (χ0v) is 22.4. The van der Waals surface area contributed by atoms with Crippen LogP contribution in [0.5, 0.6) is 5.75 Å². The number of nitrogens with zero attached hydrogens (tertiary/aromatic N) is 1. The first-order valence-corrected chi connectivity index (χ1v) is 13.9. The van der Waals surface area contributed by atoms with Crippen LogP contribution in [0.2, 0.25) is 0 Å². The van der Waals surface area contributed by atoms with Gasteiger partial charge < -0.3 is 9.64 Å². The predicted molar refractivity (Wildman–Crippen MR) is 144 cm³/mol. The van der Waals surface area contributed by atoms with Gasteiger partial charge in [0, 0.05) is 47.2 Å². The molecule has 2 aliphatic rings. The molecule has 6 heteroatoms. The van der Waals surface area contributed by atoms with Crippen molar-refractivity contribution >= 4 is 17.7 Å². The summed E-state index contributed by atoms with van der Waals surface area (Å²) in [6.45, 7) is 6.65. The molecule has 2 heterocycles. The topological polar surface area (TPSA) is 29.5 Å². The molecule has 37 heavy (non-hydrogen) atoms. The zero-order chi connectivity index (χ0) is 26.2. The van der Waals surface area contributed by atoms with Gasteiger partial charge >= 0.3 is 0 Å². The number of thioether (sulfide) groups is 1. The van der Waals surface area contributed by atoms with Crippen molar-refractivity contribution in [1.29, 1.82) is 0 Å². The SMILES string of the molecule is CC(C)(C)c1ccc(SCc2ccc(C(=O)N3C4CCC3CC(Oc3ccc(F)cc3F)C4)cc2)cc1. The molecule has 2 saturated heterocycles. The maximum atomic E-state index is 14.1. The van der Waals surface area contributed by atoms with Crippen molar-refractivity contribution in [2.75, 3.05) is 0 Å². The van der Waals surface area contributed by atoms with Gasteiger partial charge in [-0.2, -0.15) is 0 Å². The fourth-order valence-electron chi connectivity index (χ4n) is 5.42. The summed E-state index contributed by atoms with van der Waals surface area (Å²) in [5.74, 6) is -0.340. The molecule has 194 valence electrons. The number of hydrogen-bond acceptors (Lipinski definition) is 3. The Balaban J connectivity index is 1.18. The minimum Gasteiger partial charge on any atom is -0.487 e. The third-order valence-corrected chi connectivity index (χ3v) is 8.52. The number of hydrogen-bond donors (Lipinski definition) is 0. The Morgan fingerprint density at radius 2 is 1.59 bits per heavy atom. The zero-order valence-electron chi connectivity index (χ0n) is 21.5. The quantitative estimate of drug-likeness (QED) is 0.310. The molecule has 0 spiro atoms. The van der Waals surface area contributed by atoms with E-state index < -0.39 is 11.6 Å². The van der Waals surface area contributed by atoms with E-state index in [9.17, 15) is 13.6 Å². The molecule has 2 unspecified atom stereocenters. The van der Waals surface area contributed by atoms with Gasteiger partial charge in [-0.1, -0.05) is 45.0 Å². The maximum absolute atomic E-state index is 14.1. The van der Waals surface area contributed by atoms with E-state index in [4.69, 9.17) is 4.74 Å². The van der Waals surface area contributed by atoms with Gasteiger partial charge in [0.05, 0.1) is 0 Å². The predicted octanol–water partition coefficient (Wildman–Crippen LogP) is 7.77. The largest absolute Gasteiger partial charge is 0.487 e. The fourth-order valence-corrected chi connectivity index (χ4v) is 6.27. The lowest BCUT2D eigenvalue weighted by atomic mass is 9.87. The average molecular weight is 522 g/mol. The highest BCUT2D eigenvalue weighted by Gasteiger charge is 2.44. The van der Waals surface area contributed by atoms with Crippen LogP contribution in [0.1, 0.15) is 67.9 Å². The van der Waals surface area contributed by atoms with Crippen LogP contribution in [0.3, 0.4) is 0 Å². The van der Waals surface area contributed by atoms with Crippen LogP contribution >= 0.6 is 11.8 Å². The van der Waals surface area contributed by atoms with Gasteiger partial charge in [0.15, 0.2) is 11.6 Å². The molecule has 0 saturated carbocycles. The van der Waals surface area contributed by atoms with Crippen molar-refractivity contribution in [3.63, 3.8) is 0 Å². The van der Waals surface area contributed by atoms with Gasteiger partial charge in [-0.25, -0.2) is 8.78 Å². The standard InChI is InChI=1S/C31H33F2NO2S/c1-31(2,3)22-8-13-27(14-9-22)37-19-20-4-6-21(7-5-20)30(35)34-24-11-12-25(34)18-26(17-24)36-29-15-10-23(32)16-28(29)33/h4-10,13-16,24-26H,11-12,17-19H2,1-3H3. The van der Waals surface area contributed by atoms with Crippen LogP contribution in [-0.4, -0.2) is 29.0 Å². The Kier molecular flexibility index (Phi) is 7.30. The van der Waals surface area contributed by atoms with E-state index in [2.05, 4.69) is 45.0 Å². The minimum absolute atomic E-state index is 0.0517. The maximum Gasteiger partial charge on any atom is 0.254 e. The number of rotatable bonds is 6. The Morgan fingerprint density at radius 1 is 0.946 bits per heavy atom. The lowest BCUT2D eigenvalue weighted by Gasteiger charge is -2.39. The monoisotopic (exact) mass is 521 g/mol. The second-order valence-electron chi connectivity index (χ2n) is 11.1. The number of carbonyl (C=O) groups is 1. The Hall–Kier alpha value is -2.86. The summed E-state index contributed by atoms with van der Waals surface area (Å²) in [6.07, 6.45) is 2.97. The summed E-state index contributed by atoms with van der Waals surface area (Å²) < 4.78 is 33.1. The highest BCUT2D eigenvalue weighted by molar-refractivity contribution is 7.98. The molecule has 0 radical (unpaired) electrons. The first kappa shape index (κ1) is 25.8. The summed E-state index contributed by atoms with van der Waals surface area (Å²) in [5.41, 5.74) is 3.35. The third-order valence-electron chi connectivity index (χ3n) is 7.44. The lowest BCUT2D eigenvalue weighted by molar-refractivity contribution is 0.0349. The molecule has 2 aliphatic heterocycles. The third kappa shape index (κ3) is 5.85. The van der Waals surface area contributed by atoms with E-state index in [1.54, 1.807) is 11.8 Å². The van der Waals surface area contributed by atoms with Crippen molar-refractivity contribution in [3.8, 4) is 5.75 Å².